The molecule has 1 amide bonds. The fourth-order valence-electron chi connectivity index (χ4n) is 2.84. The number of hydrogen-bond donors (Lipinski definition) is 1. The molecule has 0 saturated carbocycles. The van der Waals surface area contributed by atoms with Crippen molar-refractivity contribution < 1.29 is 18.7 Å². The lowest BCUT2D eigenvalue weighted by molar-refractivity contribution is -0.151. The summed E-state index contributed by atoms with van der Waals surface area (Å²) in [5.41, 5.74) is 2.21. The highest BCUT2D eigenvalue weighted by molar-refractivity contribution is 6.17. The van der Waals surface area contributed by atoms with Crippen molar-refractivity contribution in [3.05, 3.63) is 83.2 Å². The molecule has 4 nitrogen and oxygen atoms in total. The van der Waals surface area contributed by atoms with Crippen LogP contribution in [0.2, 0.25) is 0 Å². The van der Waals surface area contributed by atoms with Crippen molar-refractivity contribution >= 4 is 35.6 Å². The van der Waals surface area contributed by atoms with Gasteiger partial charge in [-0.2, -0.15) is 0 Å². The summed E-state index contributed by atoms with van der Waals surface area (Å²) >= 11 is 5.67. The zero-order valence-electron chi connectivity index (χ0n) is 17.5. The highest BCUT2D eigenvalue weighted by Crippen LogP contribution is 2.20. The molecule has 0 aliphatic heterocycles. The summed E-state index contributed by atoms with van der Waals surface area (Å²) in [6, 6.07) is 13.0. The highest BCUT2D eigenvalue weighted by atomic mass is 35.5. The summed E-state index contributed by atoms with van der Waals surface area (Å²) < 4.78 is 18.5. The van der Waals surface area contributed by atoms with Crippen LogP contribution in [0.25, 0.3) is 12.2 Å². The van der Waals surface area contributed by atoms with Gasteiger partial charge in [0.1, 0.15) is 5.82 Å². The maximum Gasteiger partial charge on any atom is 0.331 e. The third-order valence-corrected chi connectivity index (χ3v) is 4.73. The van der Waals surface area contributed by atoms with Gasteiger partial charge in [-0.05, 0) is 49.1 Å². The molecule has 0 saturated heterocycles. The first-order valence-electron chi connectivity index (χ1n) is 10.2. The van der Waals surface area contributed by atoms with E-state index in [1.807, 2.05) is 31.2 Å². The molecule has 0 spiro atoms. The Morgan fingerprint density at radius 3 is 2.29 bits per heavy atom. The van der Waals surface area contributed by atoms with Gasteiger partial charge in [0.2, 0.25) is 6.10 Å². The van der Waals surface area contributed by atoms with E-state index in [1.54, 1.807) is 24.3 Å². The lowest BCUT2D eigenvalue weighted by Gasteiger charge is -2.17. The van der Waals surface area contributed by atoms with Gasteiger partial charge >= 0.3 is 5.97 Å². The Balaban J connectivity index is 2.09. The predicted octanol–water partition coefficient (Wildman–Crippen LogP) is 5.68. The molecule has 2 aromatic rings. The molecular weight excluding hydrogens is 417 g/mol. The molecule has 0 aliphatic rings. The number of ether oxygens (including phenoxy) is 1. The van der Waals surface area contributed by atoms with Crippen molar-refractivity contribution in [1.29, 1.82) is 0 Å². The van der Waals surface area contributed by atoms with Crippen molar-refractivity contribution in [3.8, 4) is 0 Å². The smallest absolute Gasteiger partial charge is 0.331 e. The molecule has 0 aromatic heterocycles. The first-order chi connectivity index (χ1) is 15.0. The summed E-state index contributed by atoms with van der Waals surface area (Å²) in [7, 11) is 0. The molecule has 1 atom stereocenters. The normalized spacial score (nSPS) is 12.2. The van der Waals surface area contributed by atoms with E-state index in [2.05, 4.69) is 5.32 Å². The molecule has 2 rings (SSSR count). The van der Waals surface area contributed by atoms with Gasteiger partial charge in [-0.1, -0.05) is 55.0 Å². The van der Waals surface area contributed by atoms with E-state index in [9.17, 15) is 14.0 Å². The number of hydrogen-bond acceptors (Lipinski definition) is 3. The highest BCUT2D eigenvalue weighted by Gasteiger charge is 2.24. The first-order valence-corrected chi connectivity index (χ1v) is 10.8. The number of esters is 1. The van der Waals surface area contributed by atoms with Gasteiger partial charge in [0.25, 0.3) is 5.91 Å². The van der Waals surface area contributed by atoms with Crippen molar-refractivity contribution in [3.63, 3.8) is 0 Å². The van der Waals surface area contributed by atoms with Crippen molar-refractivity contribution in [2.75, 3.05) is 12.4 Å². The lowest BCUT2D eigenvalue weighted by Crippen LogP contribution is -2.32. The first kappa shape index (κ1) is 24.4. The zero-order chi connectivity index (χ0) is 22.5. The van der Waals surface area contributed by atoms with E-state index >= 15 is 0 Å². The van der Waals surface area contributed by atoms with Gasteiger partial charge in [0, 0.05) is 24.1 Å². The maximum atomic E-state index is 13.0. The van der Waals surface area contributed by atoms with Crippen LogP contribution in [0.15, 0.2) is 60.7 Å². The summed E-state index contributed by atoms with van der Waals surface area (Å²) in [4.78, 5) is 25.1. The van der Waals surface area contributed by atoms with Gasteiger partial charge in [0.05, 0.1) is 0 Å². The Hall–Kier alpha value is -2.92. The van der Waals surface area contributed by atoms with E-state index in [0.29, 0.717) is 23.6 Å². The predicted molar refractivity (Wildman–Crippen MR) is 123 cm³/mol. The summed E-state index contributed by atoms with van der Waals surface area (Å²) in [6.07, 6.45) is 8.11. The third-order valence-electron chi connectivity index (χ3n) is 4.46. The SMILES string of the molecule is C/C=C/c1ccc(C(OC(=O)/C=C/c2ccc(F)cc2)C(=O)NCCCCCCl)cc1. The number of unbranched alkanes of at least 4 members (excludes halogenated alkanes) is 2. The van der Waals surface area contributed by atoms with E-state index < -0.39 is 12.1 Å². The minimum absolute atomic E-state index is 0.358. The van der Waals surface area contributed by atoms with E-state index in [1.165, 1.54) is 24.3 Å². The summed E-state index contributed by atoms with van der Waals surface area (Å²) in [5, 5.41) is 2.83. The van der Waals surface area contributed by atoms with Gasteiger partial charge in [0.15, 0.2) is 0 Å². The second-order valence-corrected chi connectivity index (χ2v) is 7.29. The van der Waals surface area contributed by atoms with Crippen LogP contribution in [0.1, 0.15) is 49.0 Å². The molecule has 1 N–H and O–H groups in total. The zero-order valence-corrected chi connectivity index (χ0v) is 18.3. The molecule has 164 valence electrons. The van der Waals surface area contributed by atoms with E-state index in [-0.39, 0.29) is 11.7 Å². The average molecular weight is 444 g/mol. The second-order valence-electron chi connectivity index (χ2n) is 6.91. The summed E-state index contributed by atoms with van der Waals surface area (Å²) in [5.74, 6) is -0.811. The van der Waals surface area contributed by atoms with Crippen LogP contribution in [0.4, 0.5) is 4.39 Å². The van der Waals surface area contributed by atoms with Gasteiger partial charge in [-0.3, -0.25) is 4.79 Å². The number of nitrogens with one attached hydrogen (secondary N) is 1. The maximum absolute atomic E-state index is 13.0. The van der Waals surface area contributed by atoms with Crippen molar-refractivity contribution in [1.82, 2.24) is 5.32 Å². The standard InChI is InChI=1S/C25H27ClFNO3/c1-2-6-19-7-12-21(13-8-19)24(25(30)28-18-5-3-4-17-26)31-23(29)16-11-20-9-14-22(27)15-10-20/h2,6-16,24H,3-5,17-18H2,1H3,(H,28,30)/b6-2+,16-11+. The topological polar surface area (TPSA) is 55.4 Å². The Morgan fingerprint density at radius 2 is 1.65 bits per heavy atom. The number of rotatable bonds is 11. The van der Waals surface area contributed by atoms with E-state index in [4.69, 9.17) is 16.3 Å². The fraction of sp³-hybridized carbons (Fsp3) is 0.280. The van der Waals surface area contributed by atoms with Crippen LogP contribution in [0.5, 0.6) is 0 Å². The Labute approximate surface area is 187 Å². The number of benzene rings is 2. The minimum atomic E-state index is -1.07. The summed E-state index contributed by atoms with van der Waals surface area (Å²) in [6.45, 7) is 2.40. The number of alkyl halides is 1. The molecule has 2 aromatic carbocycles. The van der Waals surface area contributed by atoms with Crippen LogP contribution < -0.4 is 5.32 Å². The van der Waals surface area contributed by atoms with Crippen LogP contribution >= 0.6 is 11.6 Å². The third kappa shape index (κ3) is 8.77. The van der Waals surface area contributed by atoms with Crippen LogP contribution in [-0.2, 0) is 14.3 Å². The largest absolute Gasteiger partial charge is 0.444 e. The van der Waals surface area contributed by atoms with Gasteiger partial charge in [-0.25, -0.2) is 9.18 Å². The molecule has 0 radical (unpaired) electrons. The van der Waals surface area contributed by atoms with E-state index in [0.717, 1.165) is 24.8 Å². The van der Waals surface area contributed by atoms with Gasteiger partial charge < -0.3 is 10.1 Å². The monoisotopic (exact) mass is 443 g/mol. The Kier molecular flexibility index (Phi) is 10.5. The fourth-order valence-corrected chi connectivity index (χ4v) is 3.03. The second kappa shape index (κ2) is 13.4. The van der Waals surface area contributed by atoms with Crippen LogP contribution in [0, 0.1) is 5.82 Å². The molecule has 0 bridgehead atoms. The lowest BCUT2D eigenvalue weighted by atomic mass is 10.1. The number of amides is 1. The van der Waals surface area contributed by atoms with Crippen molar-refractivity contribution in [2.24, 2.45) is 0 Å². The Bertz CT molecular complexity index is 892. The van der Waals surface area contributed by atoms with Crippen LogP contribution in [0.3, 0.4) is 0 Å². The molecule has 6 heteroatoms. The van der Waals surface area contributed by atoms with Crippen LogP contribution in [-0.4, -0.2) is 24.3 Å². The number of allylic oxidation sites excluding steroid dienone is 1. The molecule has 0 heterocycles. The number of halogens is 2. The number of carbonyl (C=O) groups is 2. The minimum Gasteiger partial charge on any atom is -0.444 e. The molecular formula is C25H27ClFNO3. The molecule has 0 fully saturated rings. The van der Waals surface area contributed by atoms with Gasteiger partial charge in [-0.15, -0.1) is 11.6 Å². The Morgan fingerprint density at radius 1 is 1.00 bits per heavy atom. The molecule has 31 heavy (non-hydrogen) atoms. The molecule has 1 unspecified atom stereocenters. The quantitative estimate of drug-likeness (QED) is 0.210. The van der Waals surface area contributed by atoms with Crippen molar-refractivity contribution in [2.45, 2.75) is 32.3 Å². The average Bonchev–Trinajstić information content (AvgIpc) is 2.77. The molecule has 0 aliphatic carbocycles. The number of carbonyl (C=O) groups excluding carboxylic acids is 2.